The molecule has 1 atom stereocenters. The number of thiophene rings is 1. The van der Waals surface area contributed by atoms with Crippen molar-refractivity contribution in [3.8, 4) is 0 Å². The second-order valence-electron chi connectivity index (χ2n) is 7.89. The molecule has 3 heterocycles. The summed E-state index contributed by atoms with van der Waals surface area (Å²) in [5.41, 5.74) is 9.56. The summed E-state index contributed by atoms with van der Waals surface area (Å²) in [5.74, 6) is 0.424. The predicted octanol–water partition coefficient (Wildman–Crippen LogP) is 4.74. The smallest absolute Gasteiger partial charge is 0.269 e. The fraction of sp³-hybridized carbons (Fsp3) is 0.421. The number of aromatic nitrogens is 2. The number of hydrogen-bond acceptors (Lipinski definition) is 6. The van der Waals surface area contributed by atoms with Crippen LogP contribution >= 0.6 is 22.7 Å². The number of anilines is 2. The number of nitrogen functional groups attached to an aromatic ring is 1. The van der Waals surface area contributed by atoms with E-state index in [1.54, 1.807) is 6.20 Å². The van der Waals surface area contributed by atoms with Crippen LogP contribution < -0.4 is 11.1 Å². The molecule has 1 unspecified atom stereocenters. The Morgan fingerprint density at radius 1 is 1.38 bits per heavy atom. The molecule has 0 fully saturated rings. The standard InChI is InChI=1S/C19H22N4OS2/c1-19(2,3)11-4-5-13-10(8-11)9-12-14(20)15(26-17(12)22-13)16(24)23-18-21-6-7-25-18/h6-7,9,11H,4-5,8,20H2,1-3H3,(H,21,23,24). The fourth-order valence-corrected chi connectivity index (χ4v) is 5.05. The van der Waals surface area contributed by atoms with Crippen molar-refractivity contribution in [2.75, 3.05) is 11.1 Å². The summed E-state index contributed by atoms with van der Waals surface area (Å²) >= 11 is 2.75. The van der Waals surface area contributed by atoms with E-state index in [0.29, 0.717) is 21.6 Å². The minimum atomic E-state index is -0.217. The Labute approximate surface area is 160 Å². The number of hydrogen-bond donors (Lipinski definition) is 2. The maximum absolute atomic E-state index is 12.6. The Bertz CT molecular complexity index is 970. The van der Waals surface area contributed by atoms with E-state index in [2.05, 4.69) is 37.1 Å². The van der Waals surface area contributed by atoms with Crippen LogP contribution in [0.4, 0.5) is 10.8 Å². The Hall–Kier alpha value is -1.99. The molecule has 3 N–H and O–H groups in total. The summed E-state index contributed by atoms with van der Waals surface area (Å²) in [7, 11) is 0. The number of amides is 1. The normalized spacial score (nSPS) is 17.3. The number of nitrogens with zero attached hydrogens (tertiary/aromatic N) is 2. The van der Waals surface area contributed by atoms with Gasteiger partial charge in [0, 0.05) is 22.7 Å². The predicted molar refractivity (Wildman–Crippen MR) is 109 cm³/mol. The van der Waals surface area contributed by atoms with Crippen molar-refractivity contribution < 1.29 is 4.79 Å². The first kappa shape index (κ1) is 17.4. The van der Waals surface area contributed by atoms with E-state index in [9.17, 15) is 4.79 Å². The molecule has 26 heavy (non-hydrogen) atoms. The topological polar surface area (TPSA) is 80.9 Å². The number of rotatable bonds is 2. The molecule has 7 heteroatoms. The van der Waals surface area contributed by atoms with Crippen LogP contribution in [0.3, 0.4) is 0 Å². The molecule has 1 amide bonds. The summed E-state index contributed by atoms with van der Waals surface area (Å²) < 4.78 is 0. The van der Waals surface area contributed by atoms with Crippen molar-refractivity contribution in [3.63, 3.8) is 0 Å². The fourth-order valence-electron chi connectivity index (χ4n) is 3.54. The molecule has 0 radical (unpaired) electrons. The number of fused-ring (bicyclic) bond motifs is 2. The summed E-state index contributed by atoms with van der Waals surface area (Å²) in [6.07, 6.45) is 4.84. The van der Waals surface area contributed by atoms with Gasteiger partial charge in [0.2, 0.25) is 0 Å². The Morgan fingerprint density at radius 3 is 2.88 bits per heavy atom. The van der Waals surface area contributed by atoms with Crippen molar-refractivity contribution >= 4 is 49.6 Å². The monoisotopic (exact) mass is 386 g/mol. The molecule has 1 aliphatic rings. The van der Waals surface area contributed by atoms with E-state index in [0.717, 1.165) is 35.2 Å². The lowest BCUT2D eigenvalue weighted by atomic mass is 9.71. The molecule has 0 aromatic carbocycles. The maximum atomic E-state index is 12.6. The Balaban J connectivity index is 1.69. The molecule has 0 saturated heterocycles. The summed E-state index contributed by atoms with van der Waals surface area (Å²) in [5, 5.41) is 6.10. The van der Waals surface area contributed by atoms with Crippen molar-refractivity contribution in [2.24, 2.45) is 11.3 Å². The Kier molecular flexibility index (Phi) is 4.23. The first-order chi connectivity index (χ1) is 12.3. The van der Waals surface area contributed by atoms with Gasteiger partial charge in [-0.2, -0.15) is 0 Å². The van der Waals surface area contributed by atoms with Crippen LogP contribution in [0.15, 0.2) is 17.6 Å². The summed E-state index contributed by atoms with van der Waals surface area (Å²) in [6.45, 7) is 6.90. The molecule has 3 aromatic heterocycles. The average molecular weight is 387 g/mol. The van der Waals surface area contributed by atoms with Gasteiger partial charge >= 0.3 is 0 Å². The maximum Gasteiger partial charge on any atom is 0.269 e. The van der Waals surface area contributed by atoms with Gasteiger partial charge < -0.3 is 5.73 Å². The van der Waals surface area contributed by atoms with E-state index in [1.807, 2.05) is 5.38 Å². The third-order valence-electron chi connectivity index (χ3n) is 5.17. The van der Waals surface area contributed by atoms with E-state index < -0.39 is 0 Å². The number of nitrogens with two attached hydrogens (primary N) is 1. The second-order valence-corrected chi connectivity index (χ2v) is 9.78. The lowest BCUT2D eigenvalue weighted by molar-refractivity contribution is 0.103. The number of nitrogens with one attached hydrogen (secondary N) is 1. The molecule has 0 bridgehead atoms. The van der Waals surface area contributed by atoms with Gasteiger partial charge in [0.25, 0.3) is 5.91 Å². The zero-order valence-corrected chi connectivity index (χ0v) is 16.8. The number of thiazole rings is 1. The molecule has 136 valence electrons. The molecule has 0 saturated carbocycles. The van der Waals surface area contributed by atoms with Crippen LogP contribution in [-0.2, 0) is 12.8 Å². The first-order valence-corrected chi connectivity index (χ1v) is 10.4. The largest absolute Gasteiger partial charge is 0.397 e. The second kappa shape index (κ2) is 6.32. The highest BCUT2D eigenvalue weighted by Crippen LogP contribution is 2.40. The number of carbonyl (C=O) groups is 1. The molecule has 0 spiro atoms. The molecular weight excluding hydrogens is 364 g/mol. The van der Waals surface area contributed by atoms with Crippen molar-refractivity contribution in [1.82, 2.24) is 9.97 Å². The minimum Gasteiger partial charge on any atom is -0.397 e. The zero-order valence-electron chi connectivity index (χ0n) is 15.1. The quantitative estimate of drug-likeness (QED) is 0.667. The van der Waals surface area contributed by atoms with Gasteiger partial charge in [-0.15, -0.1) is 22.7 Å². The first-order valence-electron chi connectivity index (χ1n) is 8.74. The Morgan fingerprint density at radius 2 is 2.19 bits per heavy atom. The highest BCUT2D eigenvalue weighted by Gasteiger charge is 2.30. The lowest BCUT2D eigenvalue weighted by Crippen LogP contribution is -2.27. The van der Waals surface area contributed by atoms with Gasteiger partial charge in [-0.1, -0.05) is 20.8 Å². The number of carbonyl (C=O) groups excluding carboxylic acids is 1. The molecule has 4 rings (SSSR count). The van der Waals surface area contributed by atoms with Crippen LogP contribution in [0.2, 0.25) is 0 Å². The van der Waals surface area contributed by atoms with Crippen molar-refractivity contribution in [2.45, 2.75) is 40.0 Å². The van der Waals surface area contributed by atoms with Crippen molar-refractivity contribution in [3.05, 3.63) is 33.8 Å². The molecule has 5 nitrogen and oxygen atoms in total. The lowest BCUT2D eigenvalue weighted by Gasteiger charge is -2.34. The highest BCUT2D eigenvalue weighted by molar-refractivity contribution is 7.21. The molecule has 1 aliphatic carbocycles. The third-order valence-corrected chi connectivity index (χ3v) is 6.97. The summed E-state index contributed by atoms with van der Waals surface area (Å²) in [6, 6.07) is 2.15. The van der Waals surface area contributed by atoms with E-state index >= 15 is 0 Å². The van der Waals surface area contributed by atoms with Gasteiger partial charge in [0.05, 0.1) is 5.69 Å². The zero-order chi connectivity index (χ0) is 18.5. The van der Waals surface area contributed by atoms with Gasteiger partial charge in [-0.3, -0.25) is 10.1 Å². The van der Waals surface area contributed by atoms with E-state index in [4.69, 9.17) is 10.7 Å². The van der Waals surface area contributed by atoms with Crippen LogP contribution in [-0.4, -0.2) is 15.9 Å². The molecule has 0 aliphatic heterocycles. The van der Waals surface area contributed by atoms with E-state index in [1.165, 1.54) is 28.2 Å². The summed E-state index contributed by atoms with van der Waals surface area (Å²) in [4.78, 5) is 22.9. The van der Waals surface area contributed by atoms with Crippen molar-refractivity contribution in [1.29, 1.82) is 0 Å². The minimum absolute atomic E-state index is 0.217. The van der Waals surface area contributed by atoms with Gasteiger partial charge in [0.1, 0.15) is 9.71 Å². The van der Waals surface area contributed by atoms with Crippen LogP contribution in [0, 0.1) is 11.3 Å². The number of aryl methyl sites for hydroxylation is 1. The third kappa shape index (κ3) is 3.10. The van der Waals surface area contributed by atoms with Gasteiger partial charge in [-0.05, 0) is 42.2 Å². The average Bonchev–Trinajstić information content (AvgIpc) is 3.20. The van der Waals surface area contributed by atoms with Gasteiger partial charge in [-0.25, -0.2) is 9.97 Å². The highest BCUT2D eigenvalue weighted by atomic mass is 32.1. The SMILES string of the molecule is CC(C)(C)C1CCc2nc3sc(C(=O)Nc4nccs4)c(N)c3cc2C1. The van der Waals surface area contributed by atoms with Crippen LogP contribution in [0.5, 0.6) is 0 Å². The van der Waals surface area contributed by atoms with Crippen LogP contribution in [0.1, 0.15) is 48.1 Å². The number of pyridine rings is 1. The molecular formula is C19H22N4OS2. The molecule has 3 aromatic rings. The van der Waals surface area contributed by atoms with Crippen LogP contribution in [0.25, 0.3) is 10.2 Å². The van der Waals surface area contributed by atoms with Gasteiger partial charge in [0.15, 0.2) is 5.13 Å². The van der Waals surface area contributed by atoms with E-state index in [-0.39, 0.29) is 11.3 Å².